The number of guanidine groups is 1. The molecule has 0 spiro atoms. The highest BCUT2D eigenvalue weighted by molar-refractivity contribution is 6.40. The highest BCUT2D eigenvalue weighted by Gasteiger charge is 2.27. The Morgan fingerprint density at radius 3 is 2.62 bits per heavy atom. The van der Waals surface area contributed by atoms with Crippen molar-refractivity contribution in [2.45, 2.75) is 0 Å². The van der Waals surface area contributed by atoms with Crippen LogP contribution in [0.5, 0.6) is 0 Å². The number of amides is 1. The van der Waals surface area contributed by atoms with Crippen LogP contribution in [0.15, 0.2) is 59.7 Å². The number of halogens is 2. The van der Waals surface area contributed by atoms with Crippen LogP contribution in [0.25, 0.3) is 10.8 Å². The van der Waals surface area contributed by atoms with Crippen molar-refractivity contribution in [3.05, 3.63) is 70.5 Å². The third-order valence-electron chi connectivity index (χ3n) is 4.16. The number of fused-ring (bicyclic) bond motifs is 1. The van der Waals surface area contributed by atoms with Crippen molar-refractivity contribution in [3.8, 4) is 0 Å². The second-order valence-electron chi connectivity index (χ2n) is 5.76. The van der Waals surface area contributed by atoms with Gasteiger partial charge in [0.15, 0.2) is 0 Å². The standard InChI is InChI=1S/C19H14Cl2N4O/c20-14-6-3-7-15(21)17(14)24-19-23-10-11-25(19)18(26)16-13-5-2-1-4-12(13)8-9-22-16/h1-9H,10-11H2,(H,23,24). The first-order chi connectivity index (χ1) is 12.6. The molecule has 130 valence electrons. The van der Waals surface area contributed by atoms with Gasteiger partial charge in [-0.25, -0.2) is 0 Å². The van der Waals surface area contributed by atoms with E-state index in [1.807, 2.05) is 30.3 Å². The van der Waals surface area contributed by atoms with E-state index in [4.69, 9.17) is 23.2 Å². The van der Waals surface area contributed by atoms with Gasteiger partial charge in [0.05, 0.1) is 22.3 Å². The summed E-state index contributed by atoms with van der Waals surface area (Å²) in [7, 11) is 0. The fourth-order valence-electron chi connectivity index (χ4n) is 2.90. The number of aromatic nitrogens is 1. The Labute approximate surface area is 160 Å². The van der Waals surface area contributed by atoms with Crippen LogP contribution in [0.3, 0.4) is 0 Å². The lowest BCUT2D eigenvalue weighted by molar-refractivity contribution is 0.0854. The van der Waals surface area contributed by atoms with Gasteiger partial charge in [0.2, 0.25) is 5.96 Å². The molecule has 0 aliphatic carbocycles. The van der Waals surface area contributed by atoms with E-state index in [9.17, 15) is 4.79 Å². The van der Waals surface area contributed by atoms with Crippen LogP contribution in [0.1, 0.15) is 10.5 Å². The van der Waals surface area contributed by atoms with Gasteiger partial charge in [-0.05, 0) is 23.6 Å². The molecule has 3 aromatic rings. The molecule has 26 heavy (non-hydrogen) atoms. The predicted molar refractivity (Wildman–Crippen MR) is 105 cm³/mol. The Bertz CT molecular complexity index is 1010. The summed E-state index contributed by atoms with van der Waals surface area (Å²) in [5.74, 6) is 0.202. The minimum absolute atomic E-state index is 0.214. The lowest BCUT2D eigenvalue weighted by Gasteiger charge is -2.20. The largest absolute Gasteiger partial charge is 0.323 e. The quantitative estimate of drug-likeness (QED) is 0.709. The SMILES string of the molecule is O=C(c1nccc2ccccc12)N1CCN=C1Nc1c(Cl)cccc1Cl. The van der Waals surface area contributed by atoms with Gasteiger partial charge in [0.25, 0.3) is 5.91 Å². The van der Waals surface area contributed by atoms with Gasteiger partial charge in [0.1, 0.15) is 5.69 Å². The highest BCUT2D eigenvalue weighted by Crippen LogP contribution is 2.30. The number of pyridine rings is 1. The number of carbonyl (C=O) groups excluding carboxylic acids is 1. The smallest absolute Gasteiger partial charge is 0.279 e. The van der Waals surface area contributed by atoms with Gasteiger partial charge in [-0.3, -0.25) is 19.7 Å². The summed E-state index contributed by atoms with van der Waals surface area (Å²) in [6.07, 6.45) is 1.64. The van der Waals surface area contributed by atoms with Crippen molar-refractivity contribution in [1.82, 2.24) is 9.88 Å². The Hall–Kier alpha value is -2.63. The summed E-state index contributed by atoms with van der Waals surface area (Å²) in [5.41, 5.74) is 0.921. The van der Waals surface area contributed by atoms with Crippen molar-refractivity contribution < 1.29 is 4.79 Å². The predicted octanol–water partition coefficient (Wildman–Crippen LogP) is 4.47. The monoisotopic (exact) mass is 384 g/mol. The number of nitrogens with one attached hydrogen (secondary N) is 1. The molecule has 0 saturated carbocycles. The fourth-order valence-corrected chi connectivity index (χ4v) is 3.39. The zero-order valence-electron chi connectivity index (χ0n) is 13.6. The molecule has 0 bridgehead atoms. The molecule has 0 saturated heterocycles. The number of benzene rings is 2. The number of nitrogens with zero attached hydrogens (tertiary/aromatic N) is 3. The first-order valence-corrected chi connectivity index (χ1v) is 8.82. The van der Waals surface area contributed by atoms with Crippen LogP contribution in [-0.4, -0.2) is 34.8 Å². The number of hydrogen-bond acceptors (Lipinski definition) is 4. The third-order valence-corrected chi connectivity index (χ3v) is 4.79. The number of aliphatic imine (C=N–C) groups is 1. The Morgan fingerprint density at radius 1 is 1.04 bits per heavy atom. The number of carbonyl (C=O) groups is 1. The highest BCUT2D eigenvalue weighted by atomic mass is 35.5. The van der Waals surface area contributed by atoms with Gasteiger partial charge in [0, 0.05) is 18.1 Å². The van der Waals surface area contributed by atoms with Crippen LogP contribution in [-0.2, 0) is 0 Å². The minimum Gasteiger partial charge on any atom is -0.323 e. The van der Waals surface area contributed by atoms with E-state index in [2.05, 4.69) is 15.3 Å². The molecule has 7 heteroatoms. The topological polar surface area (TPSA) is 57.6 Å². The average molecular weight is 385 g/mol. The molecule has 2 aromatic carbocycles. The van der Waals surface area contributed by atoms with Gasteiger partial charge < -0.3 is 5.32 Å². The average Bonchev–Trinajstić information content (AvgIpc) is 3.12. The second kappa shape index (κ2) is 6.94. The third kappa shape index (κ3) is 3.00. The summed E-state index contributed by atoms with van der Waals surface area (Å²) in [6.45, 7) is 0.967. The van der Waals surface area contributed by atoms with Gasteiger partial charge >= 0.3 is 0 Å². The Kier molecular flexibility index (Phi) is 4.49. The first kappa shape index (κ1) is 16.8. The zero-order chi connectivity index (χ0) is 18.1. The first-order valence-electron chi connectivity index (χ1n) is 8.06. The number of para-hydroxylation sites is 1. The minimum atomic E-state index is -0.214. The lowest BCUT2D eigenvalue weighted by atomic mass is 10.1. The summed E-state index contributed by atoms with van der Waals surface area (Å²) in [5, 5.41) is 5.78. The zero-order valence-corrected chi connectivity index (χ0v) is 15.1. The lowest BCUT2D eigenvalue weighted by Crippen LogP contribution is -2.39. The Balaban J connectivity index is 1.67. The van der Waals surface area contributed by atoms with Gasteiger partial charge in [-0.2, -0.15) is 0 Å². The van der Waals surface area contributed by atoms with E-state index in [1.54, 1.807) is 29.3 Å². The van der Waals surface area contributed by atoms with E-state index in [1.165, 1.54) is 0 Å². The van der Waals surface area contributed by atoms with Crippen molar-refractivity contribution in [1.29, 1.82) is 0 Å². The molecule has 2 heterocycles. The van der Waals surface area contributed by atoms with E-state index in [0.29, 0.717) is 40.5 Å². The molecule has 5 nitrogen and oxygen atoms in total. The molecule has 1 aliphatic rings. The van der Waals surface area contributed by atoms with E-state index < -0.39 is 0 Å². The van der Waals surface area contributed by atoms with Crippen molar-refractivity contribution in [3.63, 3.8) is 0 Å². The van der Waals surface area contributed by atoms with Gasteiger partial charge in [-0.1, -0.05) is 53.5 Å². The molecule has 1 N–H and O–H groups in total. The van der Waals surface area contributed by atoms with Crippen molar-refractivity contribution in [2.75, 3.05) is 18.4 Å². The van der Waals surface area contributed by atoms with Gasteiger partial charge in [-0.15, -0.1) is 0 Å². The van der Waals surface area contributed by atoms with Crippen molar-refractivity contribution in [2.24, 2.45) is 4.99 Å². The van der Waals surface area contributed by atoms with Crippen molar-refractivity contribution >= 4 is 51.5 Å². The maximum Gasteiger partial charge on any atom is 0.279 e. The summed E-state index contributed by atoms with van der Waals surface area (Å²) >= 11 is 12.4. The second-order valence-corrected chi connectivity index (χ2v) is 6.58. The fraction of sp³-hybridized carbons (Fsp3) is 0.105. The molecule has 0 radical (unpaired) electrons. The molecule has 1 amide bonds. The van der Waals surface area contributed by atoms with Crippen LogP contribution >= 0.6 is 23.2 Å². The molecule has 0 unspecified atom stereocenters. The van der Waals surface area contributed by atoms with Crippen LogP contribution in [0.4, 0.5) is 5.69 Å². The maximum absolute atomic E-state index is 13.1. The summed E-state index contributed by atoms with van der Waals surface area (Å²) in [6, 6.07) is 14.8. The Morgan fingerprint density at radius 2 is 1.81 bits per heavy atom. The van der Waals surface area contributed by atoms with Crippen LogP contribution in [0, 0.1) is 0 Å². The molecular weight excluding hydrogens is 371 g/mol. The molecular formula is C19H14Cl2N4O. The maximum atomic E-state index is 13.1. The van der Waals surface area contributed by atoms with E-state index in [-0.39, 0.29) is 5.91 Å². The summed E-state index contributed by atoms with van der Waals surface area (Å²) in [4.78, 5) is 23.4. The summed E-state index contributed by atoms with van der Waals surface area (Å²) < 4.78 is 0. The molecule has 1 aromatic heterocycles. The van der Waals surface area contributed by atoms with Crippen LogP contribution in [0.2, 0.25) is 10.0 Å². The number of rotatable bonds is 2. The molecule has 0 atom stereocenters. The normalized spacial score (nSPS) is 13.8. The van der Waals surface area contributed by atoms with E-state index in [0.717, 1.165) is 10.8 Å². The molecule has 4 rings (SSSR count). The molecule has 1 aliphatic heterocycles. The van der Waals surface area contributed by atoms with Crippen LogP contribution < -0.4 is 5.32 Å². The molecule has 0 fully saturated rings. The van der Waals surface area contributed by atoms with E-state index >= 15 is 0 Å². The number of anilines is 1. The number of hydrogen-bond donors (Lipinski definition) is 1.